The molecule has 1 aliphatic rings. The van der Waals surface area contributed by atoms with Crippen molar-refractivity contribution >= 4 is 23.4 Å². The fourth-order valence-corrected chi connectivity index (χ4v) is 3.37. The molecule has 0 saturated carbocycles. The third-order valence-corrected chi connectivity index (χ3v) is 4.79. The van der Waals surface area contributed by atoms with Crippen LogP contribution in [-0.4, -0.2) is 59.8 Å². The number of carbonyl (C=O) groups is 1. The summed E-state index contributed by atoms with van der Waals surface area (Å²) >= 11 is 1.38. The molecule has 0 radical (unpaired) electrons. The molecule has 3 rings (SSSR count). The minimum absolute atomic E-state index is 0.132. The van der Waals surface area contributed by atoms with E-state index in [0.717, 1.165) is 24.5 Å². The molecule has 0 unspecified atom stereocenters. The van der Waals surface area contributed by atoms with Crippen molar-refractivity contribution in [3.8, 4) is 5.75 Å². The summed E-state index contributed by atoms with van der Waals surface area (Å²) in [6.07, 6.45) is 3.37. The second-order valence-electron chi connectivity index (χ2n) is 5.36. The van der Waals surface area contributed by atoms with Gasteiger partial charge in [0.25, 0.3) is 0 Å². The lowest BCUT2D eigenvalue weighted by Gasteiger charge is -2.36. The number of aromatic nitrogens is 2. The molecule has 0 spiro atoms. The topological polar surface area (TPSA) is 58.6 Å². The van der Waals surface area contributed by atoms with Gasteiger partial charge >= 0.3 is 0 Å². The minimum atomic E-state index is 0.132. The first-order chi connectivity index (χ1) is 11.8. The van der Waals surface area contributed by atoms with Crippen molar-refractivity contribution in [1.82, 2.24) is 14.9 Å². The standard InChI is InChI=1S/C17H20N4O2S/c1-23-15-6-3-2-5-14(15)20-9-11-21(12-10-20)16(22)13-24-17-18-7-4-8-19-17/h2-8H,9-13H2,1H3. The van der Waals surface area contributed by atoms with Gasteiger partial charge in [0.2, 0.25) is 5.91 Å². The van der Waals surface area contributed by atoms with Crippen LogP contribution in [0.1, 0.15) is 0 Å². The number of hydrogen-bond acceptors (Lipinski definition) is 6. The Morgan fingerprint density at radius 2 is 1.83 bits per heavy atom. The van der Waals surface area contributed by atoms with Gasteiger partial charge in [-0.3, -0.25) is 4.79 Å². The summed E-state index contributed by atoms with van der Waals surface area (Å²) in [6.45, 7) is 3.04. The molecule has 0 bridgehead atoms. The smallest absolute Gasteiger partial charge is 0.233 e. The molecule has 1 aromatic heterocycles. The minimum Gasteiger partial charge on any atom is -0.495 e. The fraction of sp³-hybridized carbons (Fsp3) is 0.353. The van der Waals surface area contributed by atoms with Crippen molar-refractivity contribution in [3.63, 3.8) is 0 Å². The predicted octanol–water partition coefficient (Wildman–Crippen LogP) is 1.93. The van der Waals surface area contributed by atoms with Crippen LogP contribution in [0.25, 0.3) is 0 Å². The van der Waals surface area contributed by atoms with E-state index in [9.17, 15) is 4.79 Å². The molecule has 126 valence electrons. The normalized spacial score (nSPS) is 14.5. The van der Waals surface area contributed by atoms with Crippen LogP contribution in [0.2, 0.25) is 0 Å². The van der Waals surface area contributed by atoms with Crippen LogP contribution in [0, 0.1) is 0 Å². The summed E-state index contributed by atoms with van der Waals surface area (Å²) in [6, 6.07) is 9.75. The number of amides is 1. The highest BCUT2D eigenvalue weighted by Crippen LogP contribution is 2.28. The van der Waals surface area contributed by atoms with Gasteiger partial charge in [0, 0.05) is 38.6 Å². The molecular weight excluding hydrogens is 324 g/mol. The molecule has 1 saturated heterocycles. The number of methoxy groups -OCH3 is 1. The lowest BCUT2D eigenvalue weighted by atomic mass is 10.2. The number of hydrogen-bond donors (Lipinski definition) is 0. The van der Waals surface area contributed by atoms with Gasteiger partial charge in [-0.15, -0.1) is 0 Å². The summed E-state index contributed by atoms with van der Waals surface area (Å²) in [4.78, 5) is 24.8. The van der Waals surface area contributed by atoms with E-state index in [2.05, 4.69) is 20.9 Å². The lowest BCUT2D eigenvalue weighted by molar-refractivity contribution is -0.128. The number of anilines is 1. The molecule has 6 nitrogen and oxygen atoms in total. The summed E-state index contributed by atoms with van der Waals surface area (Å²) in [5.74, 6) is 1.37. The SMILES string of the molecule is COc1ccccc1N1CCN(C(=O)CSc2ncccn2)CC1. The van der Waals surface area contributed by atoms with Crippen LogP contribution in [0.5, 0.6) is 5.75 Å². The van der Waals surface area contributed by atoms with E-state index in [0.29, 0.717) is 24.0 Å². The molecule has 1 aromatic carbocycles. The molecule has 2 aromatic rings. The van der Waals surface area contributed by atoms with E-state index in [-0.39, 0.29) is 5.91 Å². The Labute approximate surface area is 145 Å². The number of benzene rings is 1. The summed E-state index contributed by atoms with van der Waals surface area (Å²) in [5, 5.41) is 0.638. The maximum atomic E-state index is 12.3. The summed E-state index contributed by atoms with van der Waals surface area (Å²) < 4.78 is 5.42. The quantitative estimate of drug-likeness (QED) is 0.610. The summed E-state index contributed by atoms with van der Waals surface area (Å²) in [7, 11) is 1.68. The van der Waals surface area contributed by atoms with Gasteiger partial charge < -0.3 is 14.5 Å². The Kier molecular flexibility index (Phi) is 5.53. The third kappa shape index (κ3) is 3.97. The molecule has 2 heterocycles. The first-order valence-corrected chi connectivity index (χ1v) is 8.82. The highest BCUT2D eigenvalue weighted by molar-refractivity contribution is 7.99. The van der Waals surface area contributed by atoms with Crippen LogP contribution in [0.3, 0.4) is 0 Å². The number of para-hydroxylation sites is 2. The Bertz CT molecular complexity index is 675. The van der Waals surface area contributed by atoms with Crippen molar-refractivity contribution in [2.24, 2.45) is 0 Å². The molecule has 0 N–H and O–H groups in total. The Balaban J connectivity index is 1.52. The van der Waals surface area contributed by atoms with Crippen molar-refractivity contribution in [3.05, 3.63) is 42.7 Å². The monoisotopic (exact) mass is 344 g/mol. The van der Waals surface area contributed by atoms with Gasteiger partial charge in [-0.25, -0.2) is 9.97 Å². The number of carbonyl (C=O) groups excluding carboxylic acids is 1. The van der Waals surface area contributed by atoms with E-state index in [1.165, 1.54) is 11.8 Å². The molecule has 24 heavy (non-hydrogen) atoms. The van der Waals surface area contributed by atoms with Gasteiger partial charge in [0.15, 0.2) is 5.16 Å². The number of piperazine rings is 1. The van der Waals surface area contributed by atoms with Gasteiger partial charge in [-0.1, -0.05) is 23.9 Å². The van der Waals surface area contributed by atoms with E-state index in [1.54, 1.807) is 25.6 Å². The number of thioether (sulfide) groups is 1. The van der Waals surface area contributed by atoms with Crippen molar-refractivity contribution in [2.45, 2.75) is 5.16 Å². The number of rotatable bonds is 5. The van der Waals surface area contributed by atoms with Crippen molar-refractivity contribution in [2.75, 3.05) is 43.9 Å². The van der Waals surface area contributed by atoms with Gasteiger partial charge in [0.05, 0.1) is 18.6 Å². The number of nitrogens with zero attached hydrogens (tertiary/aromatic N) is 4. The second-order valence-corrected chi connectivity index (χ2v) is 6.30. The Morgan fingerprint density at radius 1 is 1.12 bits per heavy atom. The molecule has 1 aliphatic heterocycles. The molecule has 7 heteroatoms. The van der Waals surface area contributed by atoms with Gasteiger partial charge in [-0.05, 0) is 18.2 Å². The largest absolute Gasteiger partial charge is 0.495 e. The second kappa shape index (κ2) is 8.01. The molecule has 0 aliphatic carbocycles. The average molecular weight is 344 g/mol. The average Bonchev–Trinajstić information content (AvgIpc) is 2.67. The third-order valence-electron chi connectivity index (χ3n) is 3.93. The molecular formula is C17H20N4O2S. The first-order valence-electron chi connectivity index (χ1n) is 7.83. The highest BCUT2D eigenvalue weighted by atomic mass is 32.2. The number of ether oxygens (including phenoxy) is 1. The van der Waals surface area contributed by atoms with E-state index >= 15 is 0 Å². The van der Waals surface area contributed by atoms with Crippen LogP contribution < -0.4 is 9.64 Å². The zero-order chi connectivity index (χ0) is 16.8. The van der Waals surface area contributed by atoms with Crippen LogP contribution in [0.15, 0.2) is 47.9 Å². The zero-order valence-electron chi connectivity index (χ0n) is 13.6. The molecule has 1 fully saturated rings. The summed E-state index contributed by atoms with van der Waals surface area (Å²) in [5.41, 5.74) is 1.08. The first kappa shape index (κ1) is 16.6. The van der Waals surface area contributed by atoms with Crippen molar-refractivity contribution < 1.29 is 9.53 Å². The zero-order valence-corrected chi connectivity index (χ0v) is 14.4. The predicted molar refractivity (Wildman–Crippen MR) is 94.5 cm³/mol. The van der Waals surface area contributed by atoms with Crippen LogP contribution in [-0.2, 0) is 4.79 Å². The van der Waals surface area contributed by atoms with Gasteiger partial charge in [-0.2, -0.15) is 0 Å². The van der Waals surface area contributed by atoms with Crippen LogP contribution in [0.4, 0.5) is 5.69 Å². The maximum Gasteiger partial charge on any atom is 0.233 e. The van der Waals surface area contributed by atoms with Crippen molar-refractivity contribution in [1.29, 1.82) is 0 Å². The lowest BCUT2D eigenvalue weighted by Crippen LogP contribution is -2.49. The van der Waals surface area contributed by atoms with E-state index in [4.69, 9.17) is 4.74 Å². The Hall–Kier alpha value is -2.28. The maximum absolute atomic E-state index is 12.3. The Morgan fingerprint density at radius 3 is 2.54 bits per heavy atom. The fourth-order valence-electron chi connectivity index (χ4n) is 2.67. The van der Waals surface area contributed by atoms with Gasteiger partial charge in [0.1, 0.15) is 5.75 Å². The molecule has 1 amide bonds. The molecule has 0 atom stereocenters. The van der Waals surface area contributed by atoms with E-state index in [1.807, 2.05) is 23.1 Å². The highest BCUT2D eigenvalue weighted by Gasteiger charge is 2.22. The van der Waals surface area contributed by atoms with Crippen LogP contribution >= 0.6 is 11.8 Å². The van der Waals surface area contributed by atoms with E-state index < -0.39 is 0 Å².